The first kappa shape index (κ1) is 15.1. The number of nitrogens with zero attached hydrogens (tertiary/aromatic N) is 1. The summed E-state index contributed by atoms with van der Waals surface area (Å²) in [6, 6.07) is 7.11. The third-order valence-electron chi connectivity index (χ3n) is 4.03. The number of urea groups is 1. The summed E-state index contributed by atoms with van der Waals surface area (Å²) in [7, 11) is 1.36. The van der Waals surface area contributed by atoms with Gasteiger partial charge in [0, 0.05) is 16.2 Å². The molecule has 5 nitrogen and oxygen atoms in total. The molecule has 1 fully saturated rings. The second-order valence-corrected chi connectivity index (χ2v) is 6.45. The molecule has 0 saturated heterocycles. The van der Waals surface area contributed by atoms with E-state index in [9.17, 15) is 9.59 Å². The van der Waals surface area contributed by atoms with Crippen LogP contribution in [-0.2, 0) is 9.53 Å². The molecule has 22 heavy (non-hydrogen) atoms. The number of rotatable bonds is 3. The number of methoxy groups -OCH3 is 1. The van der Waals surface area contributed by atoms with Crippen molar-refractivity contribution in [1.29, 1.82) is 0 Å². The highest BCUT2D eigenvalue weighted by Gasteiger charge is 2.42. The summed E-state index contributed by atoms with van der Waals surface area (Å²) in [6.45, 7) is 1.81. The Hall–Kier alpha value is -1.82. The van der Waals surface area contributed by atoms with Crippen LogP contribution in [-0.4, -0.2) is 30.1 Å². The average Bonchev–Trinajstić information content (AvgIpc) is 3.30. The lowest BCUT2D eigenvalue weighted by Crippen LogP contribution is -2.48. The largest absolute Gasteiger partial charge is 0.466 e. The zero-order valence-corrected chi connectivity index (χ0v) is 14.0. The van der Waals surface area contributed by atoms with Crippen LogP contribution >= 0.6 is 15.9 Å². The SMILES string of the molecule is COC(=O)C1=C(C)N(C2CC2)C(=O)N[C@@H]1c1cccc(Br)c1. The zero-order valence-electron chi connectivity index (χ0n) is 12.4. The molecular formula is C16H17BrN2O3. The van der Waals surface area contributed by atoms with Gasteiger partial charge in [0.25, 0.3) is 0 Å². The molecule has 0 spiro atoms. The van der Waals surface area contributed by atoms with Gasteiger partial charge in [0.1, 0.15) is 0 Å². The minimum Gasteiger partial charge on any atom is -0.466 e. The van der Waals surface area contributed by atoms with Crippen molar-refractivity contribution in [3.63, 3.8) is 0 Å². The van der Waals surface area contributed by atoms with Crippen LogP contribution in [0.25, 0.3) is 0 Å². The van der Waals surface area contributed by atoms with Crippen LogP contribution in [0.1, 0.15) is 31.4 Å². The molecule has 1 aromatic rings. The zero-order chi connectivity index (χ0) is 15.9. The topological polar surface area (TPSA) is 58.6 Å². The maximum absolute atomic E-state index is 12.4. The third kappa shape index (κ3) is 2.63. The number of allylic oxidation sites excluding steroid dienone is 1. The lowest BCUT2D eigenvalue weighted by Gasteiger charge is -2.35. The fourth-order valence-corrected chi connectivity index (χ4v) is 3.26. The molecule has 1 heterocycles. The van der Waals surface area contributed by atoms with E-state index in [4.69, 9.17) is 4.74 Å². The van der Waals surface area contributed by atoms with Crippen molar-refractivity contribution in [3.8, 4) is 0 Å². The third-order valence-corrected chi connectivity index (χ3v) is 4.52. The minimum absolute atomic E-state index is 0.155. The Bertz CT molecular complexity index is 667. The van der Waals surface area contributed by atoms with Gasteiger partial charge in [0.15, 0.2) is 0 Å². The Labute approximate surface area is 137 Å². The van der Waals surface area contributed by atoms with Gasteiger partial charge in [-0.25, -0.2) is 9.59 Å². The number of benzene rings is 1. The van der Waals surface area contributed by atoms with Crippen LogP contribution in [0.3, 0.4) is 0 Å². The molecular weight excluding hydrogens is 348 g/mol. The second-order valence-electron chi connectivity index (χ2n) is 5.53. The van der Waals surface area contributed by atoms with Gasteiger partial charge in [-0.2, -0.15) is 0 Å². The smallest absolute Gasteiger partial charge is 0.337 e. The van der Waals surface area contributed by atoms with Crippen molar-refractivity contribution in [1.82, 2.24) is 10.2 Å². The molecule has 1 saturated carbocycles. The van der Waals surface area contributed by atoms with Crippen LogP contribution in [0.4, 0.5) is 4.79 Å². The van der Waals surface area contributed by atoms with E-state index >= 15 is 0 Å². The van der Waals surface area contributed by atoms with E-state index in [1.165, 1.54) is 7.11 Å². The molecule has 1 N–H and O–H groups in total. The van der Waals surface area contributed by atoms with Crippen molar-refractivity contribution >= 4 is 27.9 Å². The maximum atomic E-state index is 12.4. The first-order chi connectivity index (χ1) is 10.5. The Morgan fingerprint density at radius 3 is 2.73 bits per heavy atom. The lowest BCUT2D eigenvalue weighted by molar-refractivity contribution is -0.136. The van der Waals surface area contributed by atoms with E-state index in [0.717, 1.165) is 22.9 Å². The van der Waals surface area contributed by atoms with Gasteiger partial charge in [-0.15, -0.1) is 0 Å². The summed E-state index contributed by atoms with van der Waals surface area (Å²) in [5, 5.41) is 2.93. The van der Waals surface area contributed by atoms with Gasteiger partial charge in [-0.3, -0.25) is 4.90 Å². The Kier molecular flexibility index (Phi) is 3.95. The molecule has 1 atom stereocenters. The van der Waals surface area contributed by atoms with Crippen molar-refractivity contribution in [3.05, 3.63) is 45.6 Å². The second kappa shape index (κ2) is 5.76. The normalized spacial score (nSPS) is 21.7. The predicted molar refractivity (Wildman–Crippen MR) is 85.0 cm³/mol. The first-order valence-corrected chi connectivity index (χ1v) is 7.96. The standard InChI is InChI=1S/C16H17BrN2O3/c1-9-13(15(20)22-2)14(10-4-3-5-11(17)8-10)18-16(21)19(9)12-6-7-12/h3-5,8,12,14H,6-7H2,1-2H3,(H,18,21)/t14-/m1/s1. The molecule has 1 aliphatic heterocycles. The van der Waals surface area contributed by atoms with Crippen LogP contribution in [0, 0.1) is 0 Å². The van der Waals surface area contributed by atoms with Gasteiger partial charge >= 0.3 is 12.0 Å². The first-order valence-electron chi connectivity index (χ1n) is 7.17. The molecule has 6 heteroatoms. The Balaban J connectivity index is 2.08. The Morgan fingerprint density at radius 2 is 2.14 bits per heavy atom. The highest BCUT2D eigenvalue weighted by molar-refractivity contribution is 9.10. The predicted octanol–water partition coefficient (Wildman–Crippen LogP) is 3.12. The number of ether oxygens (including phenoxy) is 1. The van der Waals surface area contributed by atoms with E-state index in [1.54, 1.807) is 4.90 Å². The molecule has 0 bridgehead atoms. The van der Waals surface area contributed by atoms with Crippen molar-refractivity contribution in [2.75, 3.05) is 7.11 Å². The molecule has 1 aliphatic carbocycles. The van der Waals surface area contributed by atoms with Crippen molar-refractivity contribution < 1.29 is 14.3 Å². The van der Waals surface area contributed by atoms with Crippen LogP contribution in [0.2, 0.25) is 0 Å². The monoisotopic (exact) mass is 364 g/mol. The van der Waals surface area contributed by atoms with Crippen LogP contribution in [0.5, 0.6) is 0 Å². The fourth-order valence-electron chi connectivity index (χ4n) is 2.84. The average molecular weight is 365 g/mol. The number of halogens is 1. The number of esters is 1. The molecule has 2 amide bonds. The number of carbonyl (C=O) groups excluding carboxylic acids is 2. The molecule has 1 aromatic carbocycles. The van der Waals surface area contributed by atoms with E-state index in [2.05, 4.69) is 21.2 Å². The van der Waals surface area contributed by atoms with E-state index < -0.39 is 12.0 Å². The number of hydrogen-bond donors (Lipinski definition) is 1. The van der Waals surface area contributed by atoms with Crippen molar-refractivity contribution in [2.45, 2.75) is 31.8 Å². The molecule has 0 radical (unpaired) electrons. The van der Waals surface area contributed by atoms with Crippen molar-refractivity contribution in [2.24, 2.45) is 0 Å². The number of nitrogens with one attached hydrogen (secondary N) is 1. The number of carbonyl (C=O) groups is 2. The molecule has 0 unspecified atom stereocenters. The van der Waals surface area contributed by atoms with E-state index in [1.807, 2.05) is 31.2 Å². The quantitative estimate of drug-likeness (QED) is 0.838. The van der Waals surface area contributed by atoms with Crippen LogP contribution < -0.4 is 5.32 Å². The molecule has 0 aromatic heterocycles. The minimum atomic E-state index is -0.493. The lowest BCUT2D eigenvalue weighted by atomic mass is 9.95. The fraction of sp³-hybridized carbons (Fsp3) is 0.375. The van der Waals surface area contributed by atoms with E-state index in [-0.39, 0.29) is 12.1 Å². The van der Waals surface area contributed by atoms with Gasteiger partial charge in [-0.1, -0.05) is 28.1 Å². The van der Waals surface area contributed by atoms with Gasteiger partial charge in [0.2, 0.25) is 0 Å². The molecule has 2 aliphatic rings. The molecule has 3 rings (SSSR count). The summed E-state index contributed by atoms with van der Waals surface area (Å²) in [4.78, 5) is 26.4. The van der Waals surface area contributed by atoms with Gasteiger partial charge in [0.05, 0.1) is 18.7 Å². The summed E-state index contributed by atoms with van der Waals surface area (Å²) in [5.41, 5.74) is 2.02. The highest BCUT2D eigenvalue weighted by atomic mass is 79.9. The number of hydrogen-bond acceptors (Lipinski definition) is 3. The maximum Gasteiger partial charge on any atom is 0.337 e. The van der Waals surface area contributed by atoms with Crippen LogP contribution in [0.15, 0.2) is 40.0 Å². The summed E-state index contributed by atoms with van der Waals surface area (Å²) < 4.78 is 5.83. The number of amides is 2. The Morgan fingerprint density at radius 1 is 1.41 bits per heavy atom. The van der Waals surface area contributed by atoms with E-state index in [0.29, 0.717) is 11.3 Å². The summed E-state index contributed by atoms with van der Waals surface area (Å²) in [6.07, 6.45) is 1.95. The van der Waals surface area contributed by atoms with Gasteiger partial charge in [-0.05, 0) is 37.5 Å². The summed E-state index contributed by atoms with van der Waals surface area (Å²) in [5.74, 6) is -0.409. The molecule has 116 valence electrons. The van der Waals surface area contributed by atoms with Gasteiger partial charge < -0.3 is 10.1 Å². The highest BCUT2D eigenvalue weighted by Crippen LogP contribution is 2.38. The summed E-state index contributed by atoms with van der Waals surface area (Å²) >= 11 is 3.42.